The maximum Gasteiger partial charge on any atom is 0.306 e. The van der Waals surface area contributed by atoms with Gasteiger partial charge >= 0.3 is 5.97 Å². The Kier molecular flexibility index (Phi) is 4.55. The van der Waals surface area contributed by atoms with Crippen LogP contribution >= 0.6 is 11.6 Å². The van der Waals surface area contributed by atoms with Gasteiger partial charge in [0.05, 0.1) is 19.1 Å². The smallest absolute Gasteiger partial charge is 0.306 e. The van der Waals surface area contributed by atoms with Gasteiger partial charge in [0.2, 0.25) is 0 Å². The standard InChI is InChI=1S/C16H17ClFNO4/c17-10-3-4-11(12(18)5-10)13-8-23-14(6-15(20)21)16(22)19(13)7-9-1-2-9/h3-5,9,13-14H,1-2,6-8H2,(H,20,21). The van der Waals surface area contributed by atoms with Crippen molar-refractivity contribution < 1.29 is 23.8 Å². The molecule has 0 aromatic heterocycles. The molecule has 7 heteroatoms. The summed E-state index contributed by atoms with van der Waals surface area (Å²) in [5.41, 5.74) is 0.345. The molecule has 23 heavy (non-hydrogen) atoms. The van der Waals surface area contributed by atoms with Crippen molar-refractivity contribution in [1.29, 1.82) is 0 Å². The van der Waals surface area contributed by atoms with Crippen LogP contribution < -0.4 is 0 Å². The number of amides is 1. The summed E-state index contributed by atoms with van der Waals surface area (Å²) in [5, 5.41) is 9.18. The minimum Gasteiger partial charge on any atom is -0.481 e. The summed E-state index contributed by atoms with van der Waals surface area (Å²) < 4.78 is 19.6. The number of rotatable bonds is 5. The molecule has 3 rings (SSSR count). The number of carboxylic acid groups (broad SMARTS) is 1. The molecule has 1 aromatic carbocycles. The van der Waals surface area contributed by atoms with E-state index in [2.05, 4.69) is 0 Å². The maximum atomic E-state index is 14.2. The minimum absolute atomic E-state index is 0.0783. The second kappa shape index (κ2) is 6.45. The lowest BCUT2D eigenvalue weighted by Crippen LogP contribution is -2.51. The summed E-state index contributed by atoms with van der Waals surface area (Å²) >= 11 is 5.78. The number of carboxylic acids is 1. The van der Waals surface area contributed by atoms with Crippen molar-refractivity contribution in [2.75, 3.05) is 13.2 Å². The molecule has 124 valence electrons. The van der Waals surface area contributed by atoms with Crippen molar-refractivity contribution in [2.24, 2.45) is 5.92 Å². The Hall–Kier alpha value is -1.66. The summed E-state index contributed by atoms with van der Waals surface area (Å²) in [6, 6.07) is 3.78. The third kappa shape index (κ3) is 3.64. The SMILES string of the molecule is O=C(O)CC1OCC(c2ccc(Cl)cc2F)N(CC2CC2)C1=O. The van der Waals surface area contributed by atoms with E-state index in [1.165, 1.54) is 6.07 Å². The number of halogens is 2. The van der Waals surface area contributed by atoms with Gasteiger partial charge in [0, 0.05) is 17.1 Å². The summed E-state index contributed by atoms with van der Waals surface area (Å²) in [6.45, 7) is 0.583. The highest BCUT2D eigenvalue weighted by Crippen LogP contribution is 2.36. The lowest BCUT2D eigenvalue weighted by atomic mass is 10.0. The largest absolute Gasteiger partial charge is 0.481 e. The highest BCUT2D eigenvalue weighted by Gasteiger charge is 2.41. The van der Waals surface area contributed by atoms with Crippen LogP contribution in [-0.2, 0) is 14.3 Å². The zero-order valence-corrected chi connectivity index (χ0v) is 13.1. The molecule has 2 fully saturated rings. The summed E-state index contributed by atoms with van der Waals surface area (Å²) in [7, 11) is 0. The van der Waals surface area contributed by atoms with Crippen LogP contribution in [0.25, 0.3) is 0 Å². The van der Waals surface area contributed by atoms with Gasteiger partial charge in [-0.1, -0.05) is 17.7 Å². The number of aliphatic carboxylic acids is 1. The minimum atomic E-state index is -1.09. The molecule has 1 N–H and O–H groups in total. The fourth-order valence-electron chi connectivity index (χ4n) is 2.84. The van der Waals surface area contributed by atoms with Gasteiger partial charge in [-0.05, 0) is 30.9 Å². The lowest BCUT2D eigenvalue weighted by Gasteiger charge is -2.39. The van der Waals surface area contributed by atoms with E-state index in [0.717, 1.165) is 12.8 Å². The molecule has 2 aliphatic rings. The van der Waals surface area contributed by atoms with Crippen LogP contribution in [0.15, 0.2) is 18.2 Å². The van der Waals surface area contributed by atoms with Crippen LogP contribution in [0.2, 0.25) is 5.02 Å². The monoisotopic (exact) mass is 341 g/mol. The van der Waals surface area contributed by atoms with E-state index in [1.54, 1.807) is 17.0 Å². The Morgan fingerprint density at radius 3 is 2.78 bits per heavy atom. The van der Waals surface area contributed by atoms with Crippen LogP contribution in [-0.4, -0.2) is 41.1 Å². The Morgan fingerprint density at radius 2 is 2.17 bits per heavy atom. The first-order valence-electron chi connectivity index (χ1n) is 7.54. The number of nitrogens with zero attached hydrogens (tertiary/aromatic N) is 1. The van der Waals surface area contributed by atoms with Gasteiger partial charge in [0.25, 0.3) is 5.91 Å². The highest BCUT2D eigenvalue weighted by molar-refractivity contribution is 6.30. The molecule has 1 amide bonds. The van der Waals surface area contributed by atoms with Crippen LogP contribution in [0.1, 0.15) is 30.9 Å². The first-order valence-corrected chi connectivity index (χ1v) is 7.92. The Bertz CT molecular complexity index is 635. The molecule has 2 atom stereocenters. The van der Waals surface area contributed by atoms with E-state index in [4.69, 9.17) is 21.4 Å². The molecule has 0 bridgehead atoms. The van der Waals surface area contributed by atoms with Gasteiger partial charge in [-0.15, -0.1) is 0 Å². The molecule has 1 aliphatic carbocycles. The first kappa shape index (κ1) is 16.2. The third-order valence-electron chi connectivity index (χ3n) is 4.22. The molecule has 1 aliphatic heterocycles. The van der Waals surface area contributed by atoms with Crippen molar-refractivity contribution in [3.63, 3.8) is 0 Å². The van der Waals surface area contributed by atoms with Crippen molar-refractivity contribution in [2.45, 2.75) is 31.4 Å². The maximum absolute atomic E-state index is 14.2. The van der Waals surface area contributed by atoms with E-state index < -0.39 is 23.9 Å². The van der Waals surface area contributed by atoms with Crippen LogP contribution in [0.4, 0.5) is 4.39 Å². The predicted octanol–water partition coefficient (Wildman–Crippen LogP) is 2.63. The van der Waals surface area contributed by atoms with Crippen molar-refractivity contribution in [3.8, 4) is 0 Å². The second-order valence-corrected chi connectivity index (χ2v) is 6.47. The van der Waals surface area contributed by atoms with Gasteiger partial charge in [-0.2, -0.15) is 0 Å². The predicted molar refractivity (Wildman–Crippen MR) is 80.6 cm³/mol. The van der Waals surface area contributed by atoms with Crippen molar-refractivity contribution >= 4 is 23.5 Å². The van der Waals surface area contributed by atoms with E-state index in [-0.39, 0.29) is 24.0 Å². The van der Waals surface area contributed by atoms with Crippen LogP contribution in [0.5, 0.6) is 0 Å². The fraction of sp³-hybridized carbons (Fsp3) is 0.500. The molecule has 2 unspecified atom stereocenters. The molecule has 0 radical (unpaired) electrons. The van der Waals surface area contributed by atoms with Gasteiger partial charge in [-0.3, -0.25) is 9.59 Å². The number of morpholine rings is 1. The zero-order valence-electron chi connectivity index (χ0n) is 12.4. The molecule has 0 spiro atoms. The Morgan fingerprint density at radius 1 is 1.43 bits per heavy atom. The average Bonchev–Trinajstić information content (AvgIpc) is 3.28. The van der Waals surface area contributed by atoms with Gasteiger partial charge in [-0.25, -0.2) is 4.39 Å². The second-order valence-electron chi connectivity index (χ2n) is 6.04. The van der Waals surface area contributed by atoms with Crippen molar-refractivity contribution in [1.82, 2.24) is 4.90 Å². The molecule has 1 heterocycles. The average molecular weight is 342 g/mol. The quantitative estimate of drug-likeness (QED) is 0.894. The number of hydrogen-bond donors (Lipinski definition) is 1. The normalized spacial score (nSPS) is 24.8. The number of carbonyl (C=O) groups is 2. The van der Waals surface area contributed by atoms with Gasteiger partial charge in [0.15, 0.2) is 0 Å². The van der Waals surface area contributed by atoms with Gasteiger partial charge < -0.3 is 14.7 Å². The van der Waals surface area contributed by atoms with Crippen molar-refractivity contribution in [3.05, 3.63) is 34.6 Å². The molecule has 1 saturated carbocycles. The van der Waals surface area contributed by atoms with E-state index >= 15 is 0 Å². The molecule has 1 aromatic rings. The van der Waals surface area contributed by atoms with E-state index in [1.807, 2.05) is 0 Å². The molecular formula is C16H17ClFNO4. The lowest BCUT2D eigenvalue weighted by molar-refractivity contribution is -0.166. The van der Waals surface area contributed by atoms with Gasteiger partial charge in [0.1, 0.15) is 11.9 Å². The van der Waals surface area contributed by atoms with Crippen LogP contribution in [0, 0.1) is 11.7 Å². The third-order valence-corrected chi connectivity index (χ3v) is 4.46. The van der Waals surface area contributed by atoms with E-state index in [9.17, 15) is 14.0 Å². The van der Waals surface area contributed by atoms with E-state index in [0.29, 0.717) is 18.0 Å². The molecule has 1 saturated heterocycles. The number of ether oxygens (including phenoxy) is 1. The summed E-state index contributed by atoms with van der Waals surface area (Å²) in [4.78, 5) is 25.0. The Balaban J connectivity index is 1.86. The van der Waals surface area contributed by atoms with Crippen LogP contribution in [0.3, 0.4) is 0 Å². The molecule has 5 nitrogen and oxygen atoms in total. The molecular weight excluding hydrogens is 325 g/mol. The summed E-state index contributed by atoms with van der Waals surface area (Å²) in [6.07, 6.45) is 0.682. The fourth-order valence-corrected chi connectivity index (χ4v) is 3.00. The first-order chi connectivity index (χ1) is 11.0. The zero-order chi connectivity index (χ0) is 16.6. The highest BCUT2D eigenvalue weighted by atomic mass is 35.5. The topological polar surface area (TPSA) is 66.8 Å². The Labute approximate surface area is 138 Å². The number of benzene rings is 1. The summed E-state index contributed by atoms with van der Waals surface area (Å²) in [5.74, 6) is -1.56. The number of carbonyl (C=O) groups excluding carboxylic acids is 1. The number of hydrogen-bond acceptors (Lipinski definition) is 3.